The molecule has 0 aromatic carbocycles. The minimum absolute atomic E-state index is 0.588. The Labute approximate surface area is 94.3 Å². The summed E-state index contributed by atoms with van der Waals surface area (Å²) < 4.78 is 0. The van der Waals surface area contributed by atoms with Crippen molar-refractivity contribution in [2.45, 2.75) is 52.4 Å². The van der Waals surface area contributed by atoms with Gasteiger partial charge in [-0.3, -0.25) is 0 Å². The first-order valence-corrected chi connectivity index (χ1v) is 6.73. The zero-order chi connectivity index (χ0) is 10.7. The molecule has 0 saturated heterocycles. The lowest BCUT2D eigenvalue weighted by atomic mass is 9.84. The molecule has 1 fully saturated rings. The topological polar surface area (TPSA) is 12.0 Å². The van der Waals surface area contributed by atoms with Crippen molar-refractivity contribution in [3.63, 3.8) is 0 Å². The smallest absolute Gasteiger partial charge is 0.00680 e. The summed E-state index contributed by atoms with van der Waals surface area (Å²) in [6, 6.07) is 0. The minimum Gasteiger partial charge on any atom is -0.316 e. The van der Waals surface area contributed by atoms with Crippen LogP contribution in [0.1, 0.15) is 52.4 Å². The van der Waals surface area contributed by atoms with E-state index in [1.165, 1.54) is 45.1 Å². The van der Waals surface area contributed by atoms with Gasteiger partial charge in [-0.25, -0.2) is 0 Å². The van der Waals surface area contributed by atoms with Gasteiger partial charge in [-0.2, -0.15) is 0 Å². The van der Waals surface area contributed by atoms with Gasteiger partial charge in [-0.15, -0.1) is 0 Å². The predicted molar refractivity (Wildman–Crippen MR) is 65.9 cm³/mol. The molecule has 0 heterocycles. The van der Waals surface area contributed by atoms with Gasteiger partial charge in [-0.1, -0.05) is 31.9 Å². The number of hydrogen-bond donors (Lipinski definition) is 1. The Morgan fingerprint density at radius 3 is 2.80 bits per heavy atom. The summed E-state index contributed by atoms with van der Waals surface area (Å²) in [4.78, 5) is 0. The molecule has 0 aromatic rings. The van der Waals surface area contributed by atoms with E-state index in [-0.39, 0.29) is 0 Å². The third-order valence-corrected chi connectivity index (χ3v) is 4.35. The molecule has 1 nitrogen and oxygen atoms in total. The van der Waals surface area contributed by atoms with Crippen LogP contribution in [0.4, 0.5) is 0 Å². The molecule has 0 radical (unpaired) electrons. The molecule has 1 heteroatoms. The molecule has 0 bridgehead atoms. The number of nitrogens with one attached hydrogen (secondary N) is 1. The largest absolute Gasteiger partial charge is 0.316 e. The summed E-state index contributed by atoms with van der Waals surface area (Å²) in [5.74, 6) is 0.973. The van der Waals surface area contributed by atoms with Crippen molar-refractivity contribution in [1.82, 2.24) is 5.32 Å². The summed E-state index contributed by atoms with van der Waals surface area (Å²) in [6.07, 6.45) is 10.9. The van der Waals surface area contributed by atoms with E-state index in [2.05, 4.69) is 25.2 Å². The Kier molecular flexibility index (Phi) is 3.50. The van der Waals surface area contributed by atoms with Crippen LogP contribution < -0.4 is 5.32 Å². The van der Waals surface area contributed by atoms with Crippen LogP contribution in [-0.2, 0) is 0 Å². The highest BCUT2D eigenvalue weighted by Gasteiger charge is 2.54. The van der Waals surface area contributed by atoms with Gasteiger partial charge in [0.1, 0.15) is 0 Å². The average molecular weight is 207 g/mol. The summed E-state index contributed by atoms with van der Waals surface area (Å²) in [5, 5.41) is 3.57. The van der Waals surface area contributed by atoms with E-state index in [1.807, 2.05) is 0 Å². The van der Waals surface area contributed by atoms with E-state index in [0.717, 1.165) is 12.5 Å². The van der Waals surface area contributed by atoms with Crippen LogP contribution in [-0.4, -0.2) is 13.1 Å². The maximum atomic E-state index is 3.57. The Morgan fingerprint density at radius 1 is 1.40 bits per heavy atom. The second kappa shape index (κ2) is 4.69. The zero-order valence-electron chi connectivity index (χ0n) is 10.3. The number of hydrogen-bond acceptors (Lipinski definition) is 1. The molecule has 0 amide bonds. The lowest BCUT2D eigenvalue weighted by Gasteiger charge is -2.24. The average Bonchev–Trinajstić information content (AvgIpc) is 3.03. The lowest BCUT2D eigenvalue weighted by Crippen LogP contribution is -2.27. The van der Waals surface area contributed by atoms with E-state index in [1.54, 1.807) is 5.57 Å². The van der Waals surface area contributed by atoms with Crippen LogP contribution in [0, 0.1) is 11.3 Å². The molecule has 2 atom stereocenters. The summed E-state index contributed by atoms with van der Waals surface area (Å²) in [6.45, 7) is 6.91. The molecule has 0 spiro atoms. The van der Waals surface area contributed by atoms with E-state index in [0.29, 0.717) is 5.41 Å². The zero-order valence-corrected chi connectivity index (χ0v) is 10.3. The fourth-order valence-corrected chi connectivity index (χ4v) is 3.28. The second-order valence-corrected chi connectivity index (χ2v) is 5.22. The van der Waals surface area contributed by atoms with Gasteiger partial charge in [-0.05, 0) is 44.6 Å². The van der Waals surface area contributed by atoms with Gasteiger partial charge in [0.25, 0.3) is 0 Å². The van der Waals surface area contributed by atoms with Crippen molar-refractivity contribution >= 4 is 0 Å². The van der Waals surface area contributed by atoms with Gasteiger partial charge in [0.15, 0.2) is 0 Å². The molecule has 1 saturated carbocycles. The standard InChI is InChI=1S/C14H25N/c1-3-12-10-14(12,11-15-4-2)13-8-6-5-7-9-13/h8,12,15H,3-7,9-11H2,1-2H3. The third kappa shape index (κ3) is 2.13. The molecular formula is C14H25N. The molecule has 1 N–H and O–H groups in total. The van der Waals surface area contributed by atoms with Gasteiger partial charge in [0, 0.05) is 12.0 Å². The highest BCUT2D eigenvalue weighted by Crippen LogP contribution is 2.60. The SMILES string of the molecule is CCNCC1(C2=CCCCC2)CC1CC. The fourth-order valence-electron chi connectivity index (χ4n) is 3.28. The van der Waals surface area contributed by atoms with E-state index in [9.17, 15) is 0 Å². The molecular weight excluding hydrogens is 182 g/mol. The van der Waals surface area contributed by atoms with Crippen LogP contribution in [0.25, 0.3) is 0 Å². The van der Waals surface area contributed by atoms with Gasteiger partial charge >= 0.3 is 0 Å². The van der Waals surface area contributed by atoms with Crippen molar-refractivity contribution < 1.29 is 0 Å². The third-order valence-electron chi connectivity index (χ3n) is 4.35. The van der Waals surface area contributed by atoms with Crippen molar-refractivity contribution in [2.75, 3.05) is 13.1 Å². The summed E-state index contributed by atoms with van der Waals surface area (Å²) in [5.41, 5.74) is 2.38. The Morgan fingerprint density at radius 2 is 2.27 bits per heavy atom. The van der Waals surface area contributed by atoms with Gasteiger partial charge < -0.3 is 5.32 Å². The molecule has 86 valence electrons. The first-order valence-electron chi connectivity index (χ1n) is 6.73. The first kappa shape index (κ1) is 11.2. The Balaban J connectivity index is 2.03. The van der Waals surface area contributed by atoms with E-state index < -0.39 is 0 Å². The predicted octanol–water partition coefficient (Wildman–Crippen LogP) is 3.51. The highest BCUT2D eigenvalue weighted by atomic mass is 14.9. The van der Waals surface area contributed by atoms with E-state index in [4.69, 9.17) is 0 Å². The van der Waals surface area contributed by atoms with Crippen molar-refractivity contribution in [1.29, 1.82) is 0 Å². The van der Waals surface area contributed by atoms with Gasteiger partial charge in [0.2, 0.25) is 0 Å². The van der Waals surface area contributed by atoms with Crippen molar-refractivity contribution in [2.24, 2.45) is 11.3 Å². The first-order chi connectivity index (χ1) is 7.33. The van der Waals surface area contributed by atoms with Crippen molar-refractivity contribution in [3.8, 4) is 0 Å². The Bertz CT molecular complexity index is 244. The van der Waals surface area contributed by atoms with E-state index >= 15 is 0 Å². The Hall–Kier alpha value is -0.300. The highest BCUT2D eigenvalue weighted by molar-refractivity contribution is 5.27. The summed E-state index contributed by atoms with van der Waals surface area (Å²) >= 11 is 0. The maximum Gasteiger partial charge on any atom is 0.00680 e. The second-order valence-electron chi connectivity index (χ2n) is 5.22. The summed E-state index contributed by atoms with van der Waals surface area (Å²) in [7, 11) is 0. The van der Waals surface area contributed by atoms with Crippen LogP contribution in [0.5, 0.6) is 0 Å². The molecule has 2 rings (SSSR count). The van der Waals surface area contributed by atoms with Crippen LogP contribution >= 0.6 is 0 Å². The van der Waals surface area contributed by atoms with Gasteiger partial charge in [0.05, 0.1) is 0 Å². The van der Waals surface area contributed by atoms with Crippen molar-refractivity contribution in [3.05, 3.63) is 11.6 Å². The lowest BCUT2D eigenvalue weighted by molar-refractivity contribution is 0.450. The minimum atomic E-state index is 0.588. The molecule has 2 unspecified atom stereocenters. The fraction of sp³-hybridized carbons (Fsp3) is 0.857. The molecule has 15 heavy (non-hydrogen) atoms. The molecule has 0 aromatic heterocycles. The molecule has 2 aliphatic carbocycles. The number of allylic oxidation sites excluding steroid dienone is 1. The quantitative estimate of drug-likeness (QED) is 0.680. The normalized spacial score (nSPS) is 35.1. The van der Waals surface area contributed by atoms with Crippen LogP contribution in [0.2, 0.25) is 0 Å². The maximum absolute atomic E-state index is 3.57. The number of rotatable bonds is 5. The monoisotopic (exact) mass is 207 g/mol. The van der Waals surface area contributed by atoms with Crippen LogP contribution in [0.3, 0.4) is 0 Å². The van der Waals surface area contributed by atoms with Crippen LogP contribution in [0.15, 0.2) is 11.6 Å². The molecule has 0 aliphatic heterocycles. The molecule has 2 aliphatic rings.